The first-order chi connectivity index (χ1) is 10.3. The second kappa shape index (κ2) is 11.1. The van der Waals surface area contributed by atoms with E-state index in [1.165, 1.54) is 0 Å². The van der Waals surface area contributed by atoms with Crippen molar-refractivity contribution >= 4 is 5.84 Å². The van der Waals surface area contributed by atoms with Crippen LogP contribution in [0.2, 0.25) is 0 Å². The number of oxime groups is 1. The molecule has 0 unspecified atom stereocenters. The van der Waals surface area contributed by atoms with Gasteiger partial charge in [-0.15, -0.1) is 0 Å². The number of methoxy groups -OCH3 is 1. The molecule has 118 valence electrons. The Bertz CT molecular complexity index is 424. The normalized spacial score (nSPS) is 11.8. The number of nitrogens with one attached hydrogen (secondary N) is 1. The fraction of sp³-hybridized carbons (Fsp3) is 0.533. The molecule has 0 atom stereocenters. The largest absolute Gasteiger partial charge is 0.409 e. The van der Waals surface area contributed by atoms with Gasteiger partial charge in [0, 0.05) is 25.8 Å². The highest BCUT2D eigenvalue weighted by Gasteiger charge is 2.05. The summed E-state index contributed by atoms with van der Waals surface area (Å²) in [6, 6.07) is 7.62. The quantitative estimate of drug-likeness (QED) is 0.188. The molecule has 6 nitrogen and oxygen atoms in total. The number of hydrogen-bond acceptors (Lipinski definition) is 5. The van der Waals surface area contributed by atoms with Gasteiger partial charge in [0.15, 0.2) is 5.84 Å². The van der Waals surface area contributed by atoms with Crippen LogP contribution in [0, 0.1) is 0 Å². The summed E-state index contributed by atoms with van der Waals surface area (Å²) in [7, 11) is 1.67. The number of hydrogen-bond donors (Lipinski definition) is 3. The number of rotatable bonds is 11. The highest BCUT2D eigenvalue weighted by molar-refractivity contribution is 5.98. The Labute approximate surface area is 125 Å². The second-order valence-electron chi connectivity index (χ2n) is 4.63. The molecule has 0 amide bonds. The van der Waals surface area contributed by atoms with Crippen LogP contribution >= 0.6 is 0 Å². The molecule has 1 aromatic rings. The van der Waals surface area contributed by atoms with Crippen molar-refractivity contribution in [2.24, 2.45) is 10.9 Å². The Morgan fingerprint density at radius 2 is 2.05 bits per heavy atom. The molecule has 21 heavy (non-hydrogen) atoms. The van der Waals surface area contributed by atoms with Gasteiger partial charge in [-0.3, -0.25) is 0 Å². The van der Waals surface area contributed by atoms with E-state index in [1.54, 1.807) is 7.11 Å². The summed E-state index contributed by atoms with van der Waals surface area (Å²) in [5.74, 6) is 0.138. The third-order valence-electron chi connectivity index (χ3n) is 3.04. The van der Waals surface area contributed by atoms with Crippen LogP contribution in [0.4, 0.5) is 0 Å². The van der Waals surface area contributed by atoms with Crippen molar-refractivity contribution in [3.8, 4) is 0 Å². The van der Waals surface area contributed by atoms with Gasteiger partial charge in [0.05, 0.1) is 13.2 Å². The van der Waals surface area contributed by atoms with Crippen molar-refractivity contribution in [1.82, 2.24) is 5.32 Å². The Balaban J connectivity index is 2.19. The van der Waals surface area contributed by atoms with Gasteiger partial charge in [-0.2, -0.15) is 0 Å². The minimum absolute atomic E-state index is 0.138. The van der Waals surface area contributed by atoms with Gasteiger partial charge < -0.3 is 25.7 Å². The van der Waals surface area contributed by atoms with Crippen molar-refractivity contribution in [3.63, 3.8) is 0 Å². The monoisotopic (exact) mass is 295 g/mol. The maximum atomic E-state index is 8.76. The number of unbranched alkanes of at least 4 members (excludes halogenated alkanes) is 1. The van der Waals surface area contributed by atoms with Crippen LogP contribution in [-0.4, -0.2) is 44.5 Å². The molecule has 0 aliphatic carbocycles. The average molecular weight is 295 g/mol. The third-order valence-corrected chi connectivity index (χ3v) is 3.04. The first-order valence-corrected chi connectivity index (χ1v) is 7.12. The van der Waals surface area contributed by atoms with Crippen LogP contribution in [0.15, 0.2) is 29.4 Å². The molecular formula is C15H25N3O3. The smallest absolute Gasteiger partial charge is 0.170 e. The summed E-state index contributed by atoms with van der Waals surface area (Å²) < 4.78 is 10.3. The molecule has 0 fully saturated rings. The van der Waals surface area contributed by atoms with Crippen molar-refractivity contribution in [3.05, 3.63) is 35.4 Å². The average Bonchev–Trinajstić information content (AvgIpc) is 2.53. The fourth-order valence-corrected chi connectivity index (χ4v) is 1.90. The van der Waals surface area contributed by atoms with Gasteiger partial charge in [-0.1, -0.05) is 29.4 Å². The predicted octanol–water partition coefficient (Wildman–Crippen LogP) is 1.31. The van der Waals surface area contributed by atoms with Crippen LogP contribution in [0.25, 0.3) is 0 Å². The number of amidine groups is 1. The first kappa shape index (κ1) is 17.4. The second-order valence-corrected chi connectivity index (χ2v) is 4.63. The molecule has 0 aliphatic rings. The van der Waals surface area contributed by atoms with E-state index in [-0.39, 0.29) is 5.84 Å². The van der Waals surface area contributed by atoms with Crippen LogP contribution in [0.5, 0.6) is 0 Å². The Hall–Kier alpha value is -1.63. The van der Waals surface area contributed by atoms with E-state index >= 15 is 0 Å². The van der Waals surface area contributed by atoms with Crippen molar-refractivity contribution in [2.45, 2.75) is 19.4 Å². The van der Waals surface area contributed by atoms with E-state index in [2.05, 4.69) is 10.5 Å². The Kier molecular flexibility index (Phi) is 9.19. The van der Waals surface area contributed by atoms with Gasteiger partial charge in [0.1, 0.15) is 0 Å². The summed E-state index contributed by atoms with van der Waals surface area (Å²) in [6.45, 7) is 3.64. The van der Waals surface area contributed by atoms with Gasteiger partial charge in [0.25, 0.3) is 0 Å². The molecule has 0 heterocycles. The number of benzene rings is 1. The van der Waals surface area contributed by atoms with Crippen molar-refractivity contribution in [1.29, 1.82) is 0 Å². The number of ether oxygens (including phenoxy) is 2. The zero-order valence-electron chi connectivity index (χ0n) is 12.5. The lowest BCUT2D eigenvalue weighted by atomic mass is 10.1. The minimum atomic E-state index is 0.138. The maximum Gasteiger partial charge on any atom is 0.170 e. The lowest BCUT2D eigenvalue weighted by Crippen LogP contribution is -2.20. The SMILES string of the molecule is COCCOCCCCNCc1ccccc1/C(N)=N/O. The van der Waals surface area contributed by atoms with Gasteiger partial charge in [-0.25, -0.2) is 0 Å². The highest BCUT2D eigenvalue weighted by Crippen LogP contribution is 2.08. The van der Waals surface area contributed by atoms with Crippen LogP contribution in [0.1, 0.15) is 24.0 Å². The summed E-state index contributed by atoms with van der Waals surface area (Å²) >= 11 is 0. The molecule has 1 aromatic carbocycles. The van der Waals surface area contributed by atoms with Crippen LogP contribution < -0.4 is 11.1 Å². The van der Waals surface area contributed by atoms with E-state index in [0.717, 1.165) is 37.1 Å². The van der Waals surface area contributed by atoms with Gasteiger partial charge in [-0.05, 0) is 24.9 Å². The molecule has 1 rings (SSSR count). The van der Waals surface area contributed by atoms with Gasteiger partial charge in [0.2, 0.25) is 0 Å². The predicted molar refractivity (Wildman–Crippen MR) is 82.6 cm³/mol. The molecule has 0 spiro atoms. The van der Waals surface area contributed by atoms with E-state index in [1.807, 2.05) is 24.3 Å². The highest BCUT2D eigenvalue weighted by atomic mass is 16.5. The first-order valence-electron chi connectivity index (χ1n) is 7.12. The lowest BCUT2D eigenvalue weighted by molar-refractivity contribution is 0.0688. The zero-order valence-corrected chi connectivity index (χ0v) is 12.5. The van der Waals surface area contributed by atoms with Crippen molar-refractivity contribution < 1.29 is 14.7 Å². The molecule has 6 heteroatoms. The maximum absolute atomic E-state index is 8.76. The number of nitrogens with zero attached hydrogens (tertiary/aromatic N) is 1. The molecular weight excluding hydrogens is 270 g/mol. The molecule has 0 saturated heterocycles. The molecule has 0 bridgehead atoms. The van der Waals surface area contributed by atoms with E-state index in [4.69, 9.17) is 20.4 Å². The van der Waals surface area contributed by atoms with Crippen LogP contribution in [-0.2, 0) is 16.0 Å². The summed E-state index contributed by atoms with van der Waals surface area (Å²) in [6.07, 6.45) is 2.05. The summed E-state index contributed by atoms with van der Waals surface area (Å²) in [5.41, 5.74) is 7.43. The van der Waals surface area contributed by atoms with Gasteiger partial charge >= 0.3 is 0 Å². The zero-order chi connectivity index (χ0) is 15.3. The van der Waals surface area contributed by atoms with Crippen molar-refractivity contribution in [2.75, 3.05) is 33.5 Å². The number of nitrogens with two attached hydrogens (primary N) is 1. The fourth-order valence-electron chi connectivity index (χ4n) is 1.90. The molecule has 0 saturated carbocycles. The lowest BCUT2D eigenvalue weighted by Gasteiger charge is -2.09. The van der Waals surface area contributed by atoms with Crippen LogP contribution in [0.3, 0.4) is 0 Å². The molecule has 0 aliphatic heterocycles. The standard InChI is InChI=1S/C15H25N3O3/c1-20-10-11-21-9-5-4-8-17-12-13-6-2-3-7-14(13)15(16)18-19/h2-3,6-7,17,19H,4-5,8-12H2,1H3,(H2,16,18). The molecule has 4 N–H and O–H groups in total. The third kappa shape index (κ3) is 7.08. The topological polar surface area (TPSA) is 89.1 Å². The van der Waals surface area contributed by atoms with E-state index in [0.29, 0.717) is 19.8 Å². The minimum Gasteiger partial charge on any atom is -0.409 e. The molecule has 0 radical (unpaired) electrons. The molecule has 0 aromatic heterocycles. The Morgan fingerprint density at radius 3 is 2.81 bits per heavy atom. The van der Waals surface area contributed by atoms with E-state index < -0.39 is 0 Å². The Morgan fingerprint density at radius 1 is 1.24 bits per heavy atom. The van der Waals surface area contributed by atoms with E-state index in [9.17, 15) is 0 Å². The summed E-state index contributed by atoms with van der Waals surface area (Å²) in [5, 5.41) is 15.2. The summed E-state index contributed by atoms with van der Waals surface area (Å²) in [4.78, 5) is 0.